The molecule has 0 unspecified atom stereocenters. The van der Waals surface area contributed by atoms with Crippen LogP contribution in [0.3, 0.4) is 0 Å². The second-order valence-electron chi connectivity index (χ2n) is 4.00. The lowest BCUT2D eigenvalue weighted by atomic mass is 10.2. The SMILES string of the molecule is C=CCCCCC=C.C=CCCCCCC. The Labute approximate surface area is 103 Å². The summed E-state index contributed by atoms with van der Waals surface area (Å²) < 4.78 is 0. The first-order valence-corrected chi connectivity index (χ1v) is 6.66. The number of hydrogen-bond donors (Lipinski definition) is 0. The van der Waals surface area contributed by atoms with Crippen molar-refractivity contribution in [3.63, 3.8) is 0 Å². The van der Waals surface area contributed by atoms with E-state index < -0.39 is 0 Å². The lowest BCUT2D eigenvalue weighted by molar-refractivity contribution is 0.675. The van der Waals surface area contributed by atoms with Gasteiger partial charge in [-0.1, -0.05) is 44.4 Å². The molecule has 0 bridgehead atoms. The van der Waals surface area contributed by atoms with E-state index in [-0.39, 0.29) is 0 Å². The molecule has 16 heavy (non-hydrogen) atoms. The van der Waals surface area contributed by atoms with Gasteiger partial charge in [-0.05, 0) is 38.5 Å². The minimum Gasteiger partial charge on any atom is -0.103 e. The van der Waals surface area contributed by atoms with Gasteiger partial charge in [0.05, 0.1) is 0 Å². The van der Waals surface area contributed by atoms with Crippen LogP contribution in [0.25, 0.3) is 0 Å². The predicted molar refractivity (Wildman–Crippen MR) is 77.8 cm³/mol. The summed E-state index contributed by atoms with van der Waals surface area (Å²) in [5.41, 5.74) is 0. The Hall–Kier alpha value is -0.780. The molecule has 0 fully saturated rings. The molecule has 0 heterocycles. The van der Waals surface area contributed by atoms with Gasteiger partial charge in [0.25, 0.3) is 0 Å². The molecular weight excluding hydrogens is 192 g/mol. The second-order valence-corrected chi connectivity index (χ2v) is 4.00. The van der Waals surface area contributed by atoms with Crippen molar-refractivity contribution in [2.75, 3.05) is 0 Å². The monoisotopic (exact) mass is 222 g/mol. The maximum absolute atomic E-state index is 3.66. The maximum atomic E-state index is 3.66. The third-order valence-corrected chi connectivity index (χ3v) is 2.33. The quantitative estimate of drug-likeness (QED) is 0.311. The van der Waals surface area contributed by atoms with Gasteiger partial charge in [-0.3, -0.25) is 0 Å². The van der Waals surface area contributed by atoms with Gasteiger partial charge < -0.3 is 0 Å². The van der Waals surface area contributed by atoms with Crippen LogP contribution < -0.4 is 0 Å². The summed E-state index contributed by atoms with van der Waals surface area (Å²) in [7, 11) is 0. The number of unbranched alkanes of at least 4 members (excludes halogenated alkanes) is 7. The standard InChI is InChI=1S/C8H16.C8H14/c2*1-3-5-7-8-6-4-2/h3H,1,4-8H2,2H3;3-4H,1-2,5-8H2. The summed E-state index contributed by atoms with van der Waals surface area (Å²) in [6.45, 7) is 13.2. The molecule has 0 heteroatoms. The number of allylic oxidation sites excluding steroid dienone is 3. The molecule has 0 radical (unpaired) electrons. The lowest BCUT2D eigenvalue weighted by Crippen LogP contribution is -1.71. The predicted octanol–water partition coefficient (Wildman–Crippen LogP) is 6.06. The molecule has 0 rings (SSSR count). The van der Waals surface area contributed by atoms with Gasteiger partial charge >= 0.3 is 0 Å². The molecule has 0 aliphatic carbocycles. The van der Waals surface area contributed by atoms with Gasteiger partial charge in [-0.25, -0.2) is 0 Å². The van der Waals surface area contributed by atoms with E-state index in [0.717, 1.165) is 12.8 Å². The third-order valence-electron chi connectivity index (χ3n) is 2.33. The van der Waals surface area contributed by atoms with Crippen molar-refractivity contribution in [3.05, 3.63) is 38.0 Å². The van der Waals surface area contributed by atoms with E-state index in [4.69, 9.17) is 0 Å². The van der Waals surface area contributed by atoms with E-state index in [9.17, 15) is 0 Å². The summed E-state index contributed by atoms with van der Waals surface area (Å²) in [5, 5.41) is 0. The Bertz CT molecular complexity index is 134. The zero-order valence-corrected chi connectivity index (χ0v) is 11.2. The molecule has 0 amide bonds. The zero-order chi connectivity index (χ0) is 12.5. The van der Waals surface area contributed by atoms with Crippen molar-refractivity contribution in [2.24, 2.45) is 0 Å². The average molecular weight is 222 g/mol. The van der Waals surface area contributed by atoms with E-state index in [1.807, 2.05) is 18.2 Å². The molecule has 0 aromatic heterocycles. The highest BCUT2D eigenvalue weighted by atomic mass is 13.9. The fraction of sp³-hybridized carbons (Fsp3) is 0.625. The van der Waals surface area contributed by atoms with Gasteiger partial charge in [0.15, 0.2) is 0 Å². The second kappa shape index (κ2) is 19.7. The summed E-state index contributed by atoms with van der Waals surface area (Å²) in [6, 6.07) is 0. The molecule has 0 nitrogen and oxygen atoms in total. The largest absolute Gasteiger partial charge is 0.103 e. The molecule has 0 aromatic rings. The smallest absolute Gasteiger partial charge is 0.0353 e. The van der Waals surface area contributed by atoms with Gasteiger partial charge in [0.1, 0.15) is 0 Å². The summed E-state index contributed by atoms with van der Waals surface area (Å²) in [6.07, 6.45) is 17.3. The minimum absolute atomic E-state index is 1.15. The van der Waals surface area contributed by atoms with Crippen LogP contribution in [0.1, 0.15) is 64.7 Å². The summed E-state index contributed by atoms with van der Waals surface area (Å²) in [4.78, 5) is 0. The van der Waals surface area contributed by atoms with Crippen molar-refractivity contribution >= 4 is 0 Å². The van der Waals surface area contributed by atoms with Crippen molar-refractivity contribution in [3.8, 4) is 0 Å². The van der Waals surface area contributed by atoms with Crippen LogP contribution >= 0.6 is 0 Å². The van der Waals surface area contributed by atoms with Gasteiger partial charge in [-0.15, -0.1) is 19.7 Å². The average Bonchev–Trinajstić information content (AvgIpc) is 2.31. The Morgan fingerprint density at radius 3 is 1.31 bits per heavy atom. The van der Waals surface area contributed by atoms with Crippen LogP contribution in [0.4, 0.5) is 0 Å². The van der Waals surface area contributed by atoms with Crippen molar-refractivity contribution in [1.29, 1.82) is 0 Å². The van der Waals surface area contributed by atoms with Crippen LogP contribution in [0.15, 0.2) is 38.0 Å². The minimum atomic E-state index is 1.15. The van der Waals surface area contributed by atoms with Gasteiger partial charge in [0, 0.05) is 0 Å². The Balaban J connectivity index is 0. The van der Waals surface area contributed by atoms with E-state index in [2.05, 4.69) is 26.7 Å². The fourth-order valence-corrected chi connectivity index (χ4v) is 1.29. The molecule has 0 saturated heterocycles. The fourth-order valence-electron chi connectivity index (χ4n) is 1.29. The van der Waals surface area contributed by atoms with Gasteiger partial charge in [0.2, 0.25) is 0 Å². The van der Waals surface area contributed by atoms with Crippen LogP contribution in [-0.4, -0.2) is 0 Å². The lowest BCUT2D eigenvalue weighted by Gasteiger charge is -1.91. The van der Waals surface area contributed by atoms with Gasteiger partial charge in [-0.2, -0.15) is 0 Å². The zero-order valence-electron chi connectivity index (χ0n) is 11.2. The Morgan fingerprint density at radius 2 is 1.00 bits per heavy atom. The molecule has 0 aromatic carbocycles. The van der Waals surface area contributed by atoms with Crippen LogP contribution in [-0.2, 0) is 0 Å². The molecular formula is C16H30. The van der Waals surface area contributed by atoms with Crippen molar-refractivity contribution < 1.29 is 0 Å². The normalized spacial score (nSPS) is 8.81. The summed E-state index contributed by atoms with van der Waals surface area (Å²) in [5.74, 6) is 0. The third kappa shape index (κ3) is 23.2. The molecule has 0 atom stereocenters. The Kier molecular flexibility index (Phi) is 21.7. The maximum Gasteiger partial charge on any atom is -0.0353 e. The highest BCUT2D eigenvalue weighted by molar-refractivity contribution is 4.69. The first-order chi connectivity index (χ1) is 7.83. The topological polar surface area (TPSA) is 0 Å². The van der Waals surface area contributed by atoms with Crippen LogP contribution in [0, 0.1) is 0 Å². The first kappa shape index (κ1) is 17.6. The highest BCUT2D eigenvalue weighted by Gasteiger charge is 1.81. The van der Waals surface area contributed by atoms with E-state index in [1.54, 1.807) is 0 Å². The molecule has 0 aliphatic heterocycles. The van der Waals surface area contributed by atoms with Crippen molar-refractivity contribution in [1.82, 2.24) is 0 Å². The number of hydrogen-bond acceptors (Lipinski definition) is 0. The summed E-state index contributed by atoms with van der Waals surface area (Å²) >= 11 is 0. The van der Waals surface area contributed by atoms with Crippen LogP contribution in [0.5, 0.6) is 0 Å². The van der Waals surface area contributed by atoms with E-state index >= 15 is 0 Å². The van der Waals surface area contributed by atoms with E-state index in [0.29, 0.717) is 0 Å². The molecule has 0 aliphatic rings. The van der Waals surface area contributed by atoms with Crippen molar-refractivity contribution in [2.45, 2.75) is 64.7 Å². The molecule has 94 valence electrons. The van der Waals surface area contributed by atoms with Crippen LogP contribution in [0.2, 0.25) is 0 Å². The number of rotatable bonds is 10. The first-order valence-electron chi connectivity index (χ1n) is 6.66. The highest BCUT2D eigenvalue weighted by Crippen LogP contribution is 2.01. The Morgan fingerprint density at radius 1 is 0.625 bits per heavy atom. The molecule has 0 saturated carbocycles. The van der Waals surface area contributed by atoms with E-state index in [1.165, 1.54) is 44.9 Å². The molecule has 0 spiro atoms. The molecule has 0 N–H and O–H groups in total.